The van der Waals surface area contributed by atoms with Crippen LogP contribution in [0, 0.1) is 55.4 Å². The lowest BCUT2D eigenvalue weighted by atomic mass is 10.2. The molecule has 3 rings (SSSR count). The third-order valence-electron chi connectivity index (χ3n) is 6.03. The lowest BCUT2D eigenvalue weighted by molar-refractivity contribution is 0.804. The summed E-state index contributed by atoms with van der Waals surface area (Å²) in [6.07, 6.45) is 2.79. The van der Waals surface area contributed by atoms with Crippen molar-refractivity contribution in [3.8, 4) is 0 Å². The molecule has 0 bridgehead atoms. The zero-order valence-electron chi connectivity index (χ0n) is 17.3. The average Bonchev–Trinajstić information content (AvgIpc) is 3.11. The van der Waals surface area contributed by atoms with Crippen molar-refractivity contribution in [3.63, 3.8) is 0 Å². The van der Waals surface area contributed by atoms with Gasteiger partial charge in [-0.2, -0.15) is 5.10 Å². The van der Waals surface area contributed by atoms with Gasteiger partial charge in [0.1, 0.15) is 0 Å². The Morgan fingerprint density at radius 2 is 1.27 bits per heavy atom. The second-order valence-electron chi connectivity index (χ2n) is 7.48. The largest absolute Gasteiger partial charge is 0.589 e. The highest BCUT2D eigenvalue weighted by Gasteiger charge is 2.15. The Morgan fingerprint density at radius 3 is 1.77 bits per heavy atom. The molecule has 0 fully saturated rings. The predicted octanol–water partition coefficient (Wildman–Crippen LogP) is 5.64. The molecule has 0 saturated carbocycles. The minimum atomic E-state index is 0.741. The van der Waals surface area contributed by atoms with E-state index in [9.17, 15) is 0 Å². The van der Waals surface area contributed by atoms with Crippen molar-refractivity contribution >= 4 is 5.71 Å². The van der Waals surface area contributed by atoms with E-state index in [1.54, 1.807) is 0 Å². The van der Waals surface area contributed by atoms with Crippen LogP contribution in [0.1, 0.15) is 51.5 Å². The molecule has 2 aromatic heterocycles. The lowest BCUT2D eigenvalue weighted by Crippen LogP contribution is -2.07. The smallest absolute Gasteiger partial charge is 0.0521 e. The first-order valence-corrected chi connectivity index (χ1v) is 9.13. The average molecular weight is 350 g/mol. The van der Waals surface area contributed by atoms with Gasteiger partial charge in [-0.3, -0.25) is 0 Å². The summed E-state index contributed by atoms with van der Waals surface area (Å²) in [7, 11) is 0. The molecule has 0 spiro atoms. The number of rotatable bonds is 3. The van der Waals surface area contributed by atoms with Gasteiger partial charge in [0.25, 0.3) is 0 Å². The fraction of sp³-hybridized carbons (Fsp3) is 0.409. The van der Waals surface area contributed by atoms with Crippen molar-refractivity contribution in [3.05, 3.63) is 74.4 Å². The molecule has 0 unspecified atom stereocenters. The Kier molecular flexibility index (Phi) is 4.47. The van der Waals surface area contributed by atoms with Crippen molar-refractivity contribution < 1.29 is 0 Å². The third-order valence-corrected chi connectivity index (χ3v) is 6.03. The molecule has 2 heterocycles. The van der Waals surface area contributed by atoms with Crippen LogP contribution in [0.5, 0.6) is 0 Å². The van der Waals surface area contributed by atoms with Crippen LogP contribution in [0.3, 0.4) is 0 Å². The Labute approximate surface area is 156 Å². The molecule has 0 saturated heterocycles. The molecule has 0 radical (unpaired) electrons. The molecule has 0 N–H and O–H groups in total. The van der Waals surface area contributed by atoms with E-state index in [0.717, 1.165) is 23.4 Å². The summed E-state index contributed by atoms with van der Waals surface area (Å²) in [5.74, 6) is 0. The first-order chi connectivity index (χ1) is 12.1. The van der Waals surface area contributed by atoms with Gasteiger partial charge in [-0.1, -0.05) is 23.9 Å². The SMILES string of the molecule is C=C1C=C([N-]n2c(C)c(C)c(C)c2C)C(=Nn2c(C)c(C)c(C)c2C)C1. The Bertz CT molecular complexity index is 926. The molecular weight excluding hydrogens is 320 g/mol. The van der Waals surface area contributed by atoms with Gasteiger partial charge in [0.15, 0.2) is 0 Å². The van der Waals surface area contributed by atoms with Gasteiger partial charge in [-0.15, -0.1) is 0 Å². The van der Waals surface area contributed by atoms with E-state index in [2.05, 4.69) is 68.0 Å². The molecular formula is C22H29N4-. The molecule has 26 heavy (non-hydrogen) atoms. The highest BCUT2D eigenvalue weighted by molar-refractivity contribution is 6.07. The molecule has 1 aliphatic carbocycles. The van der Waals surface area contributed by atoms with E-state index in [0.29, 0.717) is 0 Å². The third kappa shape index (κ3) is 2.74. The summed E-state index contributed by atoms with van der Waals surface area (Å²) in [5, 5.41) is 4.95. The van der Waals surface area contributed by atoms with Crippen LogP contribution in [-0.4, -0.2) is 15.1 Å². The fourth-order valence-corrected chi connectivity index (χ4v) is 3.56. The van der Waals surface area contributed by atoms with Crippen molar-refractivity contribution in [1.82, 2.24) is 9.35 Å². The minimum absolute atomic E-state index is 0.741. The van der Waals surface area contributed by atoms with Gasteiger partial charge in [0.2, 0.25) is 0 Å². The van der Waals surface area contributed by atoms with Crippen molar-refractivity contribution in [2.75, 3.05) is 0 Å². The van der Waals surface area contributed by atoms with Crippen LogP contribution in [-0.2, 0) is 0 Å². The molecule has 1 aliphatic rings. The fourth-order valence-electron chi connectivity index (χ4n) is 3.56. The Hall–Kier alpha value is -2.49. The van der Waals surface area contributed by atoms with Crippen LogP contribution in [0.4, 0.5) is 0 Å². The molecule has 0 amide bonds. The molecule has 0 aliphatic heterocycles. The van der Waals surface area contributed by atoms with Crippen LogP contribution in [0.15, 0.2) is 29.0 Å². The minimum Gasteiger partial charge on any atom is -0.589 e. The number of allylic oxidation sites excluding steroid dienone is 3. The number of aromatic nitrogens is 2. The summed E-state index contributed by atoms with van der Waals surface area (Å²) in [6, 6.07) is 0. The summed E-state index contributed by atoms with van der Waals surface area (Å²) < 4.78 is 4.09. The molecule has 138 valence electrons. The van der Waals surface area contributed by atoms with Crippen molar-refractivity contribution in [2.45, 2.75) is 61.8 Å². The molecule has 2 aromatic rings. The monoisotopic (exact) mass is 349 g/mol. The van der Waals surface area contributed by atoms with E-state index in [1.807, 2.05) is 9.35 Å². The second-order valence-corrected chi connectivity index (χ2v) is 7.48. The quantitative estimate of drug-likeness (QED) is 0.687. The van der Waals surface area contributed by atoms with Crippen molar-refractivity contribution in [2.24, 2.45) is 5.10 Å². The molecule has 4 nitrogen and oxygen atoms in total. The normalized spacial score (nSPS) is 15.9. The highest BCUT2D eigenvalue weighted by atomic mass is 15.4. The second kappa shape index (κ2) is 6.35. The summed E-state index contributed by atoms with van der Waals surface area (Å²) in [6.45, 7) is 21.2. The predicted molar refractivity (Wildman–Crippen MR) is 110 cm³/mol. The van der Waals surface area contributed by atoms with Gasteiger partial charge < -0.3 is 10.1 Å². The highest BCUT2D eigenvalue weighted by Crippen LogP contribution is 2.30. The zero-order chi connectivity index (χ0) is 19.3. The lowest BCUT2D eigenvalue weighted by Gasteiger charge is -2.30. The van der Waals surface area contributed by atoms with Gasteiger partial charge in [0, 0.05) is 29.2 Å². The molecule has 4 heteroatoms. The first-order valence-electron chi connectivity index (χ1n) is 9.13. The first kappa shape index (κ1) is 18.3. The Morgan fingerprint density at radius 1 is 0.808 bits per heavy atom. The number of nitrogens with zero attached hydrogens (tertiary/aromatic N) is 4. The standard InChI is InChI=1S/C22H29N4/c1-12-10-21(23-25-17(6)13(2)14(3)18(25)7)22(11-12)24-26-19(8)15(4)16(5)20(26)9/h10H,1,11H2,2-9H3/q-1. The van der Waals surface area contributed by atoms with Crippen LogP contribution in [0.2, 0.25) is 0 Å². The number of hydrogen-bond donors (Lipinski definition) is 0. The summed E-state index contributed by atoms with van der Waals surface area (Å²) >= 11 is 0. The summed E-state index contributed by atoms with van der Waals surface area (Å²) in [5.41, 5.74) is 17.8. The molecule has 0 atom stereocenters. The van der Waals surface area contributed by atoms with Crippen LogP contribution < -0.4 is 0 Å². The van der Waals surface area contributed by atoms with Gasteiger partial charge in [0.05, 0.1) is 5.71 Å². The van der Waals surface area contributed by atoms with Gasteiger partial charge in [-0.05, 0) is 77.6 Å². The van der Waals surface area contributed by atoms with E-state index in [4.69, 9.17) is 10.5 Å². The maximum Gasteiger partial charge on any atom is 0.0521 e. The van der Waals surface area contributed by atoms with E-state index >= 15 is 0 Å². The molecule has 0 aromatic carbocycles. The van der Waals surface area contributed by atoms with Gasteiger partial charge >= 0.3 is 0 Å². The van der Waals surface area contributed by atoms with Crippen molar-refractivity contribution in [1.29, 1.82) is 0 Å². The van der Waals surface area contributed by atoms with Gasteiger partial charge in [-0.25, -0.2) is 4.68 Å². The number of hydrogen-bond acceptors (Lipinski definition) is 1. The summed E-state index contributed by atoms with van der Waals surface area (Å²) in [4.78, 5) is 0. The van der Waals surface area contributed by atoms with E-state index in [1.165, 1.54) is 45.0 Å². The zero-order valence-corrected chi connectivity index (χ0v) is 17.3. The van der Waals surface area contributed by atoms with E-state index in [-0.39, 0.29) is 0 Å². The maximum atomic E-state index is 4.95. The van der Waals surface area contributed by atoms with Crippen LogP contribution in [0.25, 0.3) is 5.43 Å². The maximum absolute atomic E-state index is 4.95. The topological polar surface area (TPSA) is 36.3 Å². The van der Waals surface area contributed by atoms with E-state index < -0.39 is 0 Å². The Balaban J connectivity index is 2.03. The van der Waals surface area contributed by atoms with Crippen LogP contribution >= 0.6 is 0 Å².